The van der Waals surface area contributed by atoms with Gasteiger partial charge in [0.1, 0.15) is 17.3 Å². The number of rotatable bonds is 5. The Hall–Kier alpha value is -1.99. The maximum absolute atomic E-state index is 11.5. The minimum atomic E-state index is -3.25. The number of ether oxygens (including phenoxy) is 1. The van der Waals surface area contributed by atoms with Crippen molar-refractivity contribution in [3.8, 4) is 5.75 Å². The van der Waals surface area contributed by atoms with Gasteiger partial charge in [-0.05, 0) is 35.9 Å². The third kappa shape index (κ3) is 4.24. The molecule has 110 valence electrons. The minimum Gasteiger partial charge on any atom is -0.489 e. The first-order chi connectivity index (χ1) is 9.86. The maximum atomic E-state index is 11.5. The third-order valence-corrected chi connectivity index (χ3v) is 4.04. The molecular formula is C14H14N2O3S2. The summed E-state index contributed by atoms with van der Waals surface area (Å²) >= 11 is 4.87. The quantitative estimate of drug-likeness (QED) is 0.844. The Morgan fingerprint density at radius 2 is 2.10 bits per heavy atom. The van der Waals surface area contributed by atoms with Crippen LogP contribution in [0.4, 0.5) is 0 Å². The first-order valence-corrected chi connectivity index (χ1v) is 8.34. The lowest BCUT2D eigenvalue weighted by Gasteiger charge is -2.08. The molecule has 21 heavy (non-hydrogen) atoms. The van der Waals surface area contributed by atoms with Crippen LogP contribution in [0, 0.1) is 0 Å². The van der Waals surface area contributed by atoms with Gasteiger partial charge in [0.05, 0.1) is 10.6 Å². The van der Waals surface area contributed by atoms with Crippen LogP contribution in [0.5, 0.6) is 5.75 Å². The van der Waals surface area contributed by atoms with Crippen LogP contribution in [0.15, 0.2) is 47.5 Å². The predicted octanol–water partition coefficient (Wildman–Crippen LogP) is 1.70. The molecule has 0 amide bonds. The van der Waals surface area contributed by atoms with Crippen LogP contribution in [0.1, 0.15) is 11.3 Å². The average molecular weight is 322 g/mol. The Bertz CT molecular complexity index is 773. The molecule has 2 rings (SSSR count). The molecule has 0 aliphatic carbocycles. The Labute approximate surface area is 128 Å². The molecule has 5 nitrogen and oxygen atoms in total. The van der Waals surface area contributed by atoms with Crippen molar-refractivity contribution in [3.63, 3.8) is 0 Å². The molecular weight excluding hydrogens is 308 g/mol. The monoisotopic (exact) mass is 322 g/mol. The van der Waals surface area contributed by atoms with Crippen LogP contribution in [0.25, 0.3) is 0 Å². The average Bonchev–Trinajstić information content (AvgIpc) is 2.45. The van der Waals surface area contributed by atoms with Gasteiger partial charge in [-0.25, -0.2) is 8.42 Å². The van der Waals surface area contributed by atoms with Gasteiger partial charge in [-0.2, -0.15) is 0 Å². The zero-order valence-corrected chi connectivity index (χ0v) is 12.9. The van der Waals surface area contributed by atoms with E-state index in [0.717, 1.165) is 11.8 Å². The van der Waals surface area contributed by atoms with Gasteiger partial charge >= 0.3 is 0 Å². The molecule has 2 N–H and O–H groups in total. The number of thiocarbonyl (C=S) groups is 1. The molecule has 0 spiro atoms. The van der Waals surface area contributed by atoms with Crippen LogP contribution in [0.2, 0.25) is 0 Å². The number of hydrogen-bond acceptors (Lipinski definition) is 5. The van der Waals surface area contributed by atoms with E-state index in [4.69, 9.17) is 22.7 Å². The molecule has 1 aromatic carbocycles. The maximum Gasteiger partial charge on any atom is 0.175 e. The van der Waals surface area contributed by atoms with E-state index in [1.165, 1.54) is 12.1 Å². The number of nitrogens with two attached hydrogens (primary N) is 1. The molecule has 7 heteroatoms. The van der Waals surface area contributed by atoms with Gasteiger partial charge < -0.3 is 10.5 Å². The Balaban J connectivity index is 2.13. The van der Waals surface area contributed by atoms with Gasteiger partial charge in [0.25, 0.3) is 0 Å². The molecule has 0 saturated heterocycles. The molecule has 0 unspecified atom stereocenters. The SMILES string of the molecule is CS(=O)(=O)c1cccc(OCc2ccnc(C(N)=S)c2)c1. The Morgan fingerprint density at radius 3 is 2.76 bits per heavy atom. The molecule has 0 bridgehead atoms. The highest BCUT2D eigenvalue weighted by molar-refractivity contribution is 7.90. The molecule has 0 fully saturated rings. The van der Waals surface area contributed by atoms with E-state index in [2.05, 4.69) is 4.98 Å². The van der Waals surface area contributed by atoms with Crippen LogP contribution in [0.3, 0.4) is 0 Å². The lowest BCUT2D eigenvalue weighted by atomic mass is 10.2. The van der Waals surface area contributed by atoms with E-state index >= 15 is 0 Å². The number of pyridine rings is 1. The van der Waals surface area contributed by atoms with E-state index in [1.54, 1.807) is 30.5 Å². The van der Waals surface area contributed by atoms with Crippen molar-refractivity contribution in [1.29, 1.82) is 0 Å². The van der Waals surface area contributed by atoms with Crippen molar-refractivity contribution < 1.29 is 13.2 Å². The number of benzene rings is 1. The largest absolute Gasteiger partial charge is 0.489 e. The molecule has 0 aliphatic rings. The fraction of sp³-hybridized carbons (Fsp3) is 0.143. The van der Waals surface area contributed by atoms with Gasteiger partial charge in [-0.15, -0.1) is 0 Å². The second-order valence-electron chi connectivity index (χ2n) is 4.45. The van der Waals surface area contributed by atoms with Gasteiger partial charge in [-0.3, -0.25) is 4.98 Å². The Kier molecular flexibility index (Phi) is 4.54. The molecule has 1 heterocycles. The summed E-state index contributed by atoms with van der Waals surface area (Å²) in [6.07, 6.45) is 2.75. The number of hydrogen-bond donors (Lipinski definition) is 1. The second kappa shape index (κ2) is 6.19. The zero-order chi connectivity index (χ0) is 15.5. The summed E-state index contributed by atoms with van der Waals surface area (Å²) in [5.41, 5.74) is 6.89. The highest BCUT2D eigenvalue weighted by Gasteiger charge is 2.08. The summed E-state index contributed by atoms with van der Waals surface area (Å²) in [5, 5.41) is 0. The summed E-state index contributed by atoms with van der Waals surface area (Å²) in [6, 6.07) is 9.87. The summed E-state index contributed by atoms with van der Waals surface area (Å²) in [4.78, 5) is 4.48. The number of nitrogens with zero attached hydrogens (tertiary/aromatic N) is 1. The van der Waals surface area contributed by atoms with E-state index in [9.17, 15) is 8.42 Å². The van der Waals surface area contributed by atoms with Crippen molar-refractivity contribution in [1.82, 2.24) is 4.98 Å². The lowest BCUT2D eigenvalue weighted by Crippen LogP contribution is -2.12. The molecule has 0 radical (unpaired) electrons. The highest BCUT2D eigenvalue weighted by atomic mass is 32.2. The minimum absolute atomic E-state index is 0.218. The van der Waals surface area contributed by atoms with Crippen molar-refractivity contribution in [3.05, 3.63) is 53.9 Å². The van der Waals surface area contributed by atoms with Gasteiger partial charge in [-0.1, -0.05) is 18.3 Å². The first kappa shape index (κ1) is 15.4. The summed E-state index contributed by atoms with van der Waals surface area (Å²) in [5.74, 6) is 0.478. The van der Waals surface area contributed by atoms with Crippen molar-refractivity contribution >= 4 is 27.0 Å². The van der Waals surface area contributed by atoms with Gasteiger partial charge in [0.15, 0.2) is 9.84 Å². The van der Waals surface area contributed by atoms with E-state index in [-0.39, 0.29) is 16.5 Å². The molecule has 0 aliphatic heterocycles. The second-order valence-corrected chi connectivity index (χ2v) is 6.90. The number of sulfone groups is 1. The van der Waals surface area contributed by atoms with Crippen LogP contribution >= 0.6 is 12.2 Å². The summed E-state index contributed by atoms with van der Waals surface area (Å²) < 4.78 is 28.6. The van der Waals surface area contributed by atoms with Crippen LogP contribution in [-0.4, -0.2) is 24.6 Å². The van der Waals surface area contributed by atoms with Crippen LogP contribution in [-0.2, 0) is 16.4 Å². The fourth-order valence-corrected chi connectivity index (χ4v) is 2.43. The van der Waals surface area contributed by atoms with E-state index in [0.29, 0.717) is 11.4 Å². The normalized spacial score (nSPS) is 11.1. The molecule has 0 atom stereocenters. The summed E-state index contributed by atoms with van der Waals surface area (Å²) in [7, 11) is -3.25. The standard InChI is InChI=1S/C14H14N2O3S2/c1-21(17,18)12-4-2-3-11(8-12)19-9-10-5-6-16-13(7-10)14(15)20/h2-8H,9H2,1H3,(H2,15,20). The van der Waals surface area contributed by atoms with E-state index < -0.39 is 9.84 Å². The van der Waals surface area contributed by atoms with Crippen LogP contribution < -0.4 is 10.5 Å². The third-order valence-electron chi connectivity index (χ3n) is 2.72. The topological polar surface area (TPSA) is 82.3 Å². The summed E-state index contributed by atoms with van der Waals surface area (Å²) in [6.45, 7) is 0.269. The zero-order valence-electron chi connectivity index (χ0n) is 11.3. The van der Waals surface area contributed by atoms with Crippen molar-refractivity contribution in [2.24, 2.45) is 5.73 Å². The Morgan fingerprint density at radius 1 is 1.33 bits per heavy atom. The highest BCUT2D eigenvalue weighted by Crippen LogP contribution is 2.18. The fourth-order valence-electron chi connectivity index (χ4n) is 1.66. The first-order valence-electron chi connectivity index (χ1n) is 6.04. The smallest absolute Gasteiger partial charge is 0.175 e. The molecule has 1 aromatic heterocycles. The molecule has 0 saturated carbocycles. The predicted molar refractivity (Wildman–Crippen MR) is 84.0 cm³/mol. The van der Waals surface area contributed by atoms with Crippen molar-refractivity contribution in [2.45, 2.75) is 11.5 Å². The number of aromatic nitrogens is 1. The molecule has 2 aromatic rings. The lowest BCUT2D eigenvalue weighted by molar-refractivity contribution is 0.305. The van der Waals surface area contributed by atoms with Gasteiger partial charge in [0.2, 0.25) is 0 Å². The van der Waals surface area contributed by atoms with E-state index in [1.807, 2.05) is 0 Å². The van der Waals surface area contributed by atoms with Crippen molar-refractivity contribution in [2.75, 3.05) is 6.26 Å². The van der Waals surface area contributed by atoms with Gasteiger partial charge in [0, 0.05) is 12.5 Å².